The van der Waals surface area contributed by atoms with Gasteiger partial charge in [-0.2, -0.15) is 23.3 Å². The Labute approximate surface area is 189 Å². The fourth-order valence-corrected chi connectivity index (χ4v) is 4.09. The third kappa shape index (κ3) is 5.34. The van der Waals surface area contributed by atoms with Crippen molar-refractivity contribution in [1.82, 2.24) is 9.78 Å². The number of hydrogen-bond donors (Lipinski definition) is 3. The van der Waals surface area contributed by atoms with E-state index in [2.05, 4.69) is 24.7 Å². The Kier molecular flexibility index (Phi) is 7.18. The molecule has 1 aromatic heterocycles. The molecule has 3 N–H and O–H groups in total. The summed E-state index contributed by atoms with van der Waals surface area (Å²) < 4.78 is 37.2. The normalized spacial score (nSPS) is 12.0. The zero-order valence-electron chi connectivity index (χ0n) is 15.3. The van der Waals surface area contributed by atoms with Crippen molar-refractivity contribution in [3.8, 4) is 11.6 Å². The molecule has 0 radical (unpaired) electrons. The number of benzene rings is 2. The Bertz CT molecular complexity index is 1250. The van der Waals surface area contributed by atoms with Gasteiger partial charge in [0.1, 0.15) is 4.90 Å². The minimum absolute atomic E-state index is 0.0431. The van der Waals surface area contributed by atoms with E-state index in [9.17, 15) is 18.1 Å². The maximum absolute atomic E-state index is 11.4. The van der Waals surface area contributed by atoms with Gasteiger partial charge in [0, 0.05) is 4.90 Å². The maximum Gasteiger partial charge on any atom is 0.296 e. The molecule has 2 aromatic carbocycles. The fourth-order valence-electron chi connectivity index (χ4n) is 2.40. The van der Waals surface area contributed by atoms with Gasteiger partial charge in [0.25, 0.3) is 10.1 Å². The summed E-state index contributed by atoms with van der Waals surface area (Å²) in [6.45, 7) is 1.57. The third-order valence-electron chi connectivity index (χ3n) is 3.78. The monoisotopic (exact) mass is 506 g/mol. The van der Waals surface area contributed by atoms with Crippen LogP contribution in [-0.4, -0.2) is 33.1 Å². The van der Waals surface area contributed by atoms with Gasteiger partial charge in [0.15, 0.2) is 5.69 Å². The van der Waals surface area contributed by atoms with Crippen LogP contribution in [-0.2, 0) is 19.5 Å². The Hall–Kier alpha value is -2.23. The molecule has 0 aliphatic rings. The molecule has 0 saturated heterocycles. The molecular formula is C16H12Cl2N4O7S2. The highest BCUT2D eigenvalue weighted by molar-refractivity contribution is 7.94. The van der Waals surface area contributed by atoms with E-state index in [1.54, 1.807) is 31.2 Å². The Morgan fingerprint density at radius 1 is 1.13 bits per heavy atom. The van der Waals surface area contributed by atoms with Crippen molar-refractivity contribution in [2.75, 3.05) is 0 Å². The molecule has 0 amide bonds. The van der Waals surface area contributed by atoms with Crippen LogP contribution >= 0.6 is 35.2 Å². The summed E-state index contributed by atoms with van der Waals surface area (Å²) in [4.78, 5) is 0.0449. The topological polar surface area (TPSA) is 156 Å². The molecule has 1 heterocycles. The molecule has 3 rings (SSSR count). The van der Waals surface area contributed by atoms with Crippen molar-refractivity contribution >= 4 is 56.7 Å². The standard InChI is InChI=1S/C16H12Cl2N4O7S2/c1-8-15(20-19-9-2-4-10(5-3-9)30-29-28-24)16(23)22(21-8)13-6-12(18)14(7-11(13)17)31(25,26)27/h2-7,23-24H,1H3,(H,25,26,27). The van der Waals surface area contributed by atoms with E-state index in [1.165, 1.54) is 0 Å². The number of aryl methyl sites for hydroxylation is 1. The van der Waals surface area contributed by atoms with Crippen LogP contribution in [0.15, 0.2) is 56.4 Å². The van der Waals surface area contributed by atoms with Gasteiger partial charge in [0.2, 0.25) is 5.88 Å². The lowest BCUT2D eigenvalue weighted by molar-refractivity contribution is -0.432. The van der Waals surface area contributed by atoms with Crippen molar-refractivity contribution < 1.29 is 32.7 Å². The zero-order chi connectivity index (χ0) is 22.8. The second kappa shape index (κ2) is 9.50. The number of nitrogens with zero attached hydrogens (tertiary/aromatic N) is 4. The molecule has 3 aromatic rings. The van der Waals surface area contributed by atoms with Crippen LogP contribution < -0.4 is 0 Å². The largest absolute Gasteiger partial charge is 0.492 e. The van der Waals surface area contributed by atoms with Crippen LogP contribution in [0.2, 0.25) is 10.0 Å². The Morgan fingerprint density at radius 2 is 1.81 bits per heavy atom. The van der Waals surface area contributed by atoms with Gasteiger partial charge < -0.3 is 5.11 Å². The third-order valence-corrected chi connectivity index (χ3v) is 5.99. The molecule has 0 saturated carbocycles. The van der Waals surface area contributed by atoms with Gasteiger partial charge in [-0.15, -0.1) is 9.45 Å². The maximum atomic E-state index is 11.4. The molecule has 0 fully saturated rings. The lowest BCUT2D eigenvalue weighted by Gasteiger charge is -2.09. The number of azo groups is 1. The predicted molar refractivity (Wildman–Crippen MR) is 111 cm³/mol. The molecule has 0 bridgehead atoms. The number of aromatic hydroxyl groups is 1. The SMILES string of the molecule is Cc1nn(-c2cc(Cl)c(S(=O)(=O)O)cc2Cl)c(O)c1N=Nc1ccc(SOOO)cc1. The molecular weight excluding hydrogens is 495 g/mol. The average Bonchev–Trinajstić information content (AvgIpc) is 2.99. The lowest BCUT2D eigenvalue weighted by atomic mass is 10.3. The number of hydrogen-bond acceptors (Lipinski definition) is 10. The first-order chi connectivity index (χ1) is 14.6. The fraction of sp³-hybridized carbons (Fsp3) is 0.0625. The minimum Gasteiger partial charge on any atom is -0.492 e. The van der Waals surface area contributed by atoms with Crippen LogP contribution in [0.3, 0.4) is 0 Å². The van der Waals surface area contributed by atoms with E-state index < -0.39 is 20.9 Å². The molecule has 0 aliphatic carbocycles. The van der Waals surface area contributed by atoms with Crippen molar-refractivity contribution in [1.29, 1.82) is 0 Å². The van der Waals surface area contributed by atoms with Crippen molar-refractivity contribution in [3.63, 3.8) is 0 Å². The predicted octanol–water partition coefficient (Wildman–Crippen LogP) is 5.28. The summed E-state index contributed by atoms with van der Waals surface area (Å²) in [7, 11) is -4.59. The molecule has 0 aliphatic heterocycles. The first-order valence-electron chi connectivity index (χ1n) is 8.04. The summed E-state index contributed by atoms with van der Waals surface area (Å²) in [5.74, 6) is -0.417. The van der Waals surface area contributed by atoms with Crippen molar-refractivity contribution in [3.05, 3.63) is 52.1 Å². The van der Waals surface area contributed by atoms with Gasteiger partial charge in [-0.1, -0.05) is 28.2 Å². The van der Waals surface area contributed by atoms with E-state index in [-0.39, 0.29) is 21.4 Å². The Morgan fingerprint density at radius 3 is 2.42 bits per heavy atom. The van der Waals surface area contributed by atoms with E-state index >= 15 is 0 Å². The van der Waals surface area contributed by atoms with Gasteiger partial charge in [-0.25, -0.2) is 5.26 Å². The van der Waals surface area contributed by atoms with E-state index in [0.717, 1.165) is 28.9 Å². The van der Waals surface area contributed by atoms with Gasteiger partial charge >= 0.3 is 0 Å². The highest BCUT2D eigenvalue weighted by atomic mass is 35.5. The summed E-state index contributed by atoms with van der Waals surface area (Å²) in [5.41, 5.74) is 0.850. The lowest BCUT2D eigenvalue weighted by Crippen LogP contribution is -2.03. The molecule has 11 nitrogen and oxygen atoms in total. The number of rotatable bonds is 7. The minimum atomic E-state index is -4.59. The average molecular weight is 507 g/mol. The highest BCUT2D eigenvalue weighted by Crippen LogP contribution is 2.38. The summed E-state index contributed by atoms with van der Waals surface area (Å²) in [6.07, 6.45) is 0. The number of aromatic nitrogens is 2. The highest BCUT2D eigenvalue weighted by Gasteiger charge is 2.22. The molecule has 164 valence electrons. The molecule has 0 atom stereocenters. The van der Waals surface area contributed by atoms with Gasteiger partial charge in [0.05, 0.1) is 39.2 Å². The van der Waals surface area contributed by atoms with E-state index in [4.69, 9.17) is 28.5 Å². The summed E-state index contributed by atoms with van der Waals surface area (Å²) >= 11 is 12.8. The molecule has 15 heteroatoms. The van der Waals surface area contributed by atoms with Crippen LogP contribution in [0.25, 0.3) is 5.69 Å². The molecule has 0 spiro atoms. The van der Waals surface area contributed by atoms with Crippen LogP contribution in [0.1, 0.15) is 5.69 Å². The van der Waals surface area contributed by atoms with Crippen LogP contribution in [0, 0.1) is 6.92 Å². The van der Waals surface area contributed by atoms with Crippen molar-refractivity contribution in [2.24, 2.45) is 10.2 Å². The van der Waals surface area contributed by atoms with Crippen molar-refractivity contribution in [2.45, 2.75) is 16.7 Å². The van der Waals surface area contributed by atoms with Crippen LogP contribution in [0.5, 0.6) is 5.88 Å². The quantitative estimate of drug-likeness (QED) is 0.127. The van der Waals surface area contributed by atoms with Gasteiger partial charge in [-0.05, 0) is 43.3 Å². The van der Waals surface area contributed by atoms with Gasteiger partial charge in [-0.3, -0.25) is 4.55 Å². The zero-order valence-corrected chi connectivity index (χ0v) is 18.4. The second-order valence-electron chi connectivity index (χ2n) is 5.80. The first-order valence-corrected chi connectivity index (χ1v) is 11.0. The van der Waals surface area contributed by atoms with E-state index in [0.29, 0.717) is 16.3 Å². The second-order valence-corrected chi connectivity index (χ2v) is 8.78. The molecule has 31 heavy (non-hydrogen) atoms. The van der Waals surface area contributed by atoms with E-state index in [1.807, 2.05) is 0 Å². The Balaban J connectivity index is 1.93. The molecule has 0 unspecified atom stereocenters. The number of halogens is 2. The first kappa shape index (κ1) is 23.4. The van der Waals surface area contributed by atoms with Crippen LogP contribution in [0.4, 0.5) is 11.4 Å². The summed E-state index contributed by atoms with van der Waals surface area (Å²) in [5, 5.41) is 33.9. The summed E-state index contributed by atoms with van der Waals surface area (Å²) in [6, 6.07) is 8.55. The smallest absolute Gasteiger partial charge is 0.296 e.